The van der Waals surface area contributed by atoms with Gasteiger partial charge in [0.15, 0.2) is 0 Å². The average molecular weight is 335 g/mol. The Bertz CT molecular complexity index is 565. The van der Waals surface area contributed by atoms with E-state index in [-0.39, 0.29) is 25.0 Å². The van der Waals surface area contributed by atoms with Crippen molar-refractivity contribution in [1.29, 1.82) is 0 Å². The summed E-state index contributed by atoms with van der Waals surface area (Å²) in [7, 11) is 2.55. The van der Waals surface area contributed by atoms with Gasteiger partial charge in [-0.05, 0) is 23.6 Å². The van der Waals surface area contributed by atoms with Crippen molar-refractivity contribution >= 4 is 23.4 Å². The van der Waals surface area contributed by atoms with Gasteiger partial charge in [-0.15, -0.1) is 0 Å². The first-order valence-electron chi connectivity index (χ1n) is 7.90. The van der Waals surface area contributed by atoms with Crippen LogP contribution in [0, 0.1) is 0 Å². The summed E-state index contributed by atoms with van der Waals surface area (Å²) in [5.41, 5.74) is 1.92. The number of carbonyl (C=O) groups is 3. The molecule has 24 heavy (non-hydrogen) atoms. The molecule has 0 aliphatic heterocycles. The van der Waals surface area contributed by atoms with Gasteiger partial charge in [0.25, 0.3) is 0 Å². The highest BCUT2D eigenvalue weighted by atomic mass is 16.5. The van der Waals surface area contributed by atoms with Gasteiger partial charge in [-0.2, -0.15) is 0 Å². The summed E-state index contributed by atoms with van der Waals surface area (Å²) in [6, 6.07) is 6.89. The number of ketones is 1. The standard InChI is InChI=1S/C18H25NO5/c1-12(2)13-5-7-14(8-6-13)19-16(18(22)24-4)11-15(20)9-10-17(21)23-3/h5-8,12,16,19H,9-11H2,1-4H3. The number of anilines is 1. The van der Waals surface area contributed by atoms with Crippen molar-refractivity contribution in [2.75, 3.05) is 19.5 Å². The average Bonchev–Trinajstić information content (AvgIpc) is 2.58. The number of ether oxygens (including phenoxy) is 2. The van der Waals surface area contributed by atoms with Crippen molar-refractivity contribution in [2.24, 2.45) is 0 Å². The van der Waals surface area contributed by atoms with Gasteiger partial charge in [0, 0.05) is 18.5 Å². The second kappa shape index (κ2) is 9.70. The minimum atomic E-state index is -0.787. The number of hydrogen-bond acceptors (Lipinski definition) is 6. The second-order valence-electron chi connectivity index (χ2n) is 5.82. The molecule has 6 nitrogen and oxygen atoms in total. The quantitative estimate of drug-likeness (QED) is 0.699. The topological polar surface area (TPSA) is 81.7 Å². The van der Waals surface area contributed by atoms with Gasteiger partial charge in [-0.1, -0.05) is 26.0 Å². The molecule has 0 fully saturated rings. The summed E-state index contributed by atoms with van der Waals surface area (Å²) in [4.78, 5) is 35.0. The van der Waals surface area contributed by atoms with Gasteiger partial charge in [-0.3, -0.25) is 9.59 Å². The molecular formula is C18H25NO5. The fraction of sp³-hybridized carbons (Fsp3) is 0.500. The van der Waals surface area contributed by atoms with Crippen LogP contribution in [-0.4, -0.2) is 38.0 Å². The van der Waals surface area contributed by atoms with Crippen LogP contribution in [0.15, 0.2) is 24.3 Å². The van der Waals surface area contributed by atoms with E-state index in [1.165, 1.54) is 19.8 Å². The molecule has 132 valence electrons. The molecule has 0 bridgehead atoms. The van der Waals surface area contributed by atoms with Crippen molar-refractivity contribution in [3.8, 4) is 0 Å². The zero-order valence-corrected chi connectivity index (χ0v) is 14.6. The Morgan fingerprint density at radius 2 is 1.62 bits per heavy atom. The van der Waals surface area contributed by atoms with Gasteiger partial charge in [0.2, 0.25) is 0 Å². The second-order valence-corrected chi connectivity index (χ2v) is 5.82. The molecule has 1 N–H and O–H groups in total. The molecule has 1 atom stereocenters. The highest BCUT2D eigenvalue weighted by Gasteiger charge is 2.23. The summed E-state index contributed by atoms with van der Waals surface area (Å²) in [5, 5.41) is 3.02. The Hall–Kier alpha value is -2.37. The lowest BCUT2D eigenvalue weighted by Gasteiger charge is -2.17. The SMILES string of the molecule is COC(=O)CCC(=O)CC(Nc1ccc(C(C)C)cc1)C(=O)OC. The number of methoxy groups -OCH3 is 2. The first kappa shape index (κ1) is 19.7. The molecule has 0 saturated heterocycles. The predicted molar refractivity (Wildman–Crippen MR) is 90.8 cm³/mol. The molecule has 0 radical (unpaired) electrons. The number of Topliss-reactive ketones (excluding diaryl/α,β-unsaturated/α-hetero) is 1. The van der Waals surface area contributed by atoms with E-state index < -0.39 is 18.0 Å². The Balaban J connectivity index is 2.70. The Labute approximate surface area is 142 Å². The minimum absolute atomic E-state index is 0.00626. The number of rotatable bonds is 9. The van der Waals surface area contributed by atoms with Crippen molar-refractivity contribution in [3.05, 3.63) is 29.8 Å². The molecule has 1 rings (SSSR count). The van der Waals surface area contributed by atoms with E-state index in [0.29, 0.717) is 5.92 Å². The molecule has 0 saturated carbocycles. The van der Waals surface area contributed by atoms with E-state index in [1.807, 2.05) is 24.3 Å². The Morgan fingerprint density at radius 1 is 1.00 bits per heavy atom. The Kier molecular flexibility index (Phi) is 7.95. The number of esters is 2. The summed E-state index contributed by atoms with van der Waals surface area (Å²) in [6.45, 7) is 4.19. The van der Waals surface area contributed by atoms with Gasteiger partial charge < -0.3 is 14.8 Å². The largest absolute Gasteiger partial charge is 0.469 e. The molecule has 0 aliphatic carbocycles. The van der Waals surface area contributed by atoms with Crippen molar-refractivity contribution in [1.82, 2.24) is 0 Å². The minimum Gasteiger partial charge on any atom is -0.469 e. The smallest absolute Gasteiger partial charge is 0.328 e. The third kappa shape index (κ3) is 6.40. The molecule has 1 aromatic carbocycles. The summed E-state index contributed by atoms with van der Waals surface area (Å²) in [5.74, 6) is -0.762. The molecule has 1 aromatic rings. The van der Waals surface area contributed by atoms with Crippen LogP contribution in [0.1, 0.15) is 44.6 Å². The fourth-order valence-corrected chi connectivity index (χ4v) is 2.17. The molecule has 0 aromatic heterocycles. The molecule has 1 unspecified atom stereocenters. The maximum Gasteiger partial charge on any atom is 0.328 e. The maximum absolute atomic E-state index is 12.0. The lowest BCUT2D eigenvalue weighted by Crippen LogP contribution is -2.33. The molecule has 6 heteroatoms. The van der Waals surface area contributed by atoms with Crippen LogP contribution < -0.4 is 5.32 Å². The first-order valence-corrected chi connectivity index (χ1v) is 7.90. The summed E-state index contributed by atoms with van der Waals surface area (Å²) >= 11 is 0. The number of hydrogen-bond donors (Lipinski definition) is 1. The first-order chi connectivity index (χ1) is 11.4. The van der Waals surface area contributed by atoms with Crippen LogP contribution in [-0.2, 0) is 23.9 Å². The zero-order valence-electron chi connectivity index (χ0n) is 14.6. The van der Waals surface area contributed by atoms with Gasteiger partial charge in [-0.25, -0.2) is 4.79 Å². The maximum atomic E-state index is 12.0. The summed E-state index contributed by atoms with van der Waals surface area (Å²) in [6.07, 6.45) is -0.00392. The van der Waals surface area contributed by atoms with Crippen LogP contribution in [0.3, 0.4) is 0 Å². The van der Waals surface area contributed by atoms with Gasteiger partial charge >= 0.3 is 11.9 Å². The van der Waals surface area contributed by atoms with Gasteiger partial charge in [0.1, 0.15) is 11.8 Å². The highest BCUT2D eigenvalue weighted by Crippen LogP contribution is 2.18. The van der Waals surface area contributed by atoms with E-state index in [4.69, 9.17) is 4.74 Å². The van der Waals surface area contributed by atoms with E-state index in [9.17, 15) is 14.4 Å². The number of nitrogens with one attached hydrogen (secondary N) is 1. The van der Waals surface area contributed by atoms with Gasteiger partial charge in [0.05, 0.1) is 20.6 Å². The molecule has 0 aliphatic rings. The number of carbonyl (C=O) groups excluding carboxylic acids is 3. The van der Waals surface area contributed by atoms with Crippen LogP contribution in [0.5, 0.6) is 0 Å². The number of benzene rings is 1. The molecule has 0 heterocycles. The van der Waals surface area contributed by atoms with Crippen molar-refractivity contribution in [2.45, 2.75) is 45.1 Å². The van der Waals surface area contributed by atoms with Crippen LogP contribution in [0.4, 0.5) is 5.69 Å². The highest BCUT2D eigenvalue weighted by molar-refractivity contribution is 5.89. The fourth-order valence-electron chi connectivity index (χ4n) is 2.17. The summed E-state index contributed by atoms with van der Waals surface area (Å²) < 4.78 is 9.25. The van der Waals surface area contributed by atoms with E-state index >= 15 is 0 Å². The molecular weight excluding hydrogens is 310 g/mol. The van der Waals surface area contributed by atoms with Crippen molar-refractivity contribution in [3.63, 3.8) is 0 Å². The van der Waals surface area contributed by atoms with E-state index in [1.54, 1.807) is 0 Å². The lowest BCUT2D eigenvalue weighted by molar-refractivity contribution is -0.143. The predicted octanol–water partition coefficient (Wildman–Crippen LogP) is 2.68. The van der Waals surface area contributed by atoms with Crippen LogP contribution >= 0.6 is 0 Å². The van der Waals surface area contributed by atoms with E-state index in [2.05, 4.69) is 23.9 Å². The normalized spacial score (nSPS) is 11.7. The molecule has 0 spiro atoms. The zero-order chi connectivity index (χ0) is 18.1. The molecule has 0 amide bonds. The third-order valence-corrected chi connectivity index (χ3v) is 3.67. The lowest BCUT2D eigenvalue weighted by atomic mass is 10.0. The van der Waals surface area contributed by atoms with Crippen LogP contribution in [0.2, 0.25) is 0 Å². The van der Waals surface area contributed by atoms with Crippen LogP contribution in [0.25, 0.3) is 0 Å². The monoisotopic (exact) mass is 335 g/mol. The van der Waals surface area contributed by atoms with Crippen molar-refractivity contribution < 1.29 is 23.9 Å². The third-order valence-electron chi connectivity index (χ3n) is 3.67. The Morgan fingerprint density at radius 3 is 2.12 bits per heavy atom. The van der Waals surface area contributed by atoms with E-state index in [0.717, 1.165) is 5.69 Å².